The van der Waals surface area contributed by atoms with Crippen LogP contribution in [0, 0.1) is 6.92 Å². The summed E-state index contributed by atoms with van der Waals surface area (Å²) in [7, 11) is 1.64. The van der Waals surface area contributed by atoms with Gasteiger partial charge in [-0.3, -0.25) is 9.69 Å². The summed E-state index contributed by atoms with van der Waals surface area (Å²) in [6.07, 6.45) is 1.79. The molecule has 0 bridgehead atoms. The van der Waals surface area contributed by atoms with Crippen LogP contribution in [0.25, 0.3) is 6.08 Å². The van der Waals surface area contributed by atoms with E-state index in [9.17, 15) is 14.7 Å². The number of thioether (sulfide) groups is 1. The Hall–Kier alpha value is -3.26. The molecule has 0 radical (unpaired) electrons. The molecule has 1 aliphatic heterocycles. The lowest BCUT2D eigenvalue weighted by atomic mass is 10.1. The summed E-state index contributed by atoms with van der Waals surface area (Å²) in [6.45, 7) is 2.05. The molecule has 35 heavy (non-hydrogen) atoms. The zero-order chi connectivity index (χ0) is 25.1. The molecule has 1 fully saturated rings. The fourth-order valence-electron chi connectivity index (χ4n) is 3.34. The Morgan fingerprint density at radius 2 is 1.86 bits per heavy atom. The number of carboxylic acids is 1. The summed E-state index contributed by atoms with van der Waals surface area (Å²) in [5.74, 6) is -0.518. The van der Waals surface area contributed by atoms with Crippen molar-refractivity contribution < 1.29 is 19.4 Å². The fourth-order valence-corrected chi connectivity index (χ4v) is 4.64. The van der Waals surface area contributed by atoms with Crippen molar-refractivity contribution in [2.24, 2.45) is 4.99 Å². The average Bonchev–Trinajstić information content (AvgIpc) is 3.09. The van der Waals surface area contributed by atoms with Crippen LogP contribution in [0.5, 0.6) is 5.75 Å². The summed E-state index contributed by atoms with van der Waals surface area (Å²) in [6, 6.07) is 17.6. The van der Waals surface area contributed by atoms with Gasteiger partial charge in [-0.2, -0.15) is 0 Å². The molecular formula is C26H20Cl2N2O4S. The van der Waals surface area contributed by atoms with Crippen LogP contribution in [0.15, 0.2) is 70.6 Å². The Balaban J connectivity index is 1.47. The van der Waals surface area contributed by atoms with Gasteiger partial charge in [0.05, 0.1) is 26.2 Å². The van der Waals surface area contributed by atoms with E-state index in [2.05, 4.69) is 4.99 Å². The lowest BCUT2D eigenvalue weighted by molar-refractivity contribution is -0.121. The molecule has 0 spiro atoms. The van der Waals surface area contributed by atoms with E-state index in [0.29, 0.717) is 43.7 Å². The number of halogens is 2. The van der Waals surface area contributed by atoms with Gasteiger partial charge >= 0.3 is 5.97 Å². The minimum Gasteiger partial charge on any atom is -0.489 e. The van der Waals surface area contributed by atoms with E-state index in [1.165, 1.54) is 22.7 Å². The number of hydrogen-bond donors (Lipinski definition) is 1. The third-order valence-corrected chi connectivity index (χ3v) is 7.12. The number of carbonyl (C=O) groups excluding carboxylic acids is 1. The second-order valence-electron chi connectivity index (χ2n) is 7.73. The topological polar surface area (TPSA) is 79.2 Å². The van der Waals surface area contributed by atoms with Gasteiger partial charge in [-0.05, 0) is 77.9 Å². The Labute approximate surface area is 216 Å². The number of hydrogen-bond acceptors (Lipinski definition) is 5. The summed E-state index contributed by atoms with van der Waals surface area (Å²) >= 11 is 13.2. The fraction of sp³-hybridized carbons (Fsp3) is 0.115. The summed E-state index contributed by atoms with van der Waals surface area (Å²) < 4.78 is 5.81. The zero-order valence-electron chi connectivity index (χ0n) is 18.8. The molecule has 0 aromatic heterocycles. The molecule has 0 saturated carbocycles. The van der Waals surface area contributed by atoms with Crippen molar-refractivity contribution in [2.45, 2.75) is 13.5 Å². The quantitative estimate of drug-likeness (QED) is 0.356. The monoisotopic (exact) mass is 526 g/mol. The second-order valence-corrected chi connectivity index (χ2v) is 9.55. The highest BCUT2D eigenvalue weighted by molar-refractivity contribution is 8.18. The number of rotatable bonds is 6. The largest absolute Gasteiger partial charge is 0.489 e. The Bertz CT molecular complexity index is 1370. The molecule has 1 aliphatic rings. The first-order chi connectivity index (χ1) is 16.7. The van der Waals surface area contributed by atoms with Gasteiger partial charge in [-0.25, -0.2) is 9.79 Å². The SMILES string of the molecule is Cc1c(N=C2S/C(=C\c3ccc(OCc4ccc(Cl)c(Cl)c4)cc3)C(=O)N2C)cccc1C(=O)O. The molecule has 178 valence electrons. The van der Waals surface area contributed by atoms with E-state index < -0.39 is 5.97 Å². The summed E-state index contributed by atoms with van der Waals surface area (Å²) in [5, 5.41) is 10.8. The molecule has 3 aromatic carbocycles. The normalized spacial score (nSPS) is 15.8. The molecule has 9 heteroatoms. The van der Waals surface area contributed by atoms with Crippen LogP contribution in [0.3, 0.4) is 0 Å². The minimum atomic E-state index is -1.02. The van der Waals surface area contributed by atoms with Crippen molar-refractivity contribution >= 4 is 63.8 Å². The number of amidine groups is 1. The van der Waals surface area contributed by atoms with E-state index in [-0.39, 0.29) is 11.5 Å². The molecule has 0 aliphatic carbocycles. The van der Waals surface area contributed by atoms with Crippen molar-refractivity contribution in [1.29, 1.82) is 0 Å². The number of nitrogens with zero attached hydrogens (tertiary/aromatic N) is 2. The number of carboxylic acid groups (broad SMARTS) is 1. The van der Waals surface area contributed by atoms with Gasteiger partial charge in [0.1, 0.15) is 12.4 Å². The van der Waals surface area contributed by atoms with Crippen molar-refractivity contribution in [3.05, 3.63) is 97.9 Å². The van der Waals surface area contributed by atoms with Crippen LogP contribution in [0.4, 0.5) is 5.69 Å². The number of amides is 1. The third kappa shape index (κ3) is 5.70. The number of aliphatic imine (C=N–C) groups is 1. The van der Waals surface area contributed by atoms with Gasteiger partial charge in [0.15, 0.2) is 5.17 Å². The molecule has 0 atom stereocenters. The van der Waals surface area contributed by atoms with Crippen LogP contribution in [0.2, 0.25) is 10.0 Å². The lowest BCUT2D eigenvalue weighted by Gasteiger charge is -2.09. The Kier molecular flexibility index (Phi) is 7.50. The summed E-state index contributed by atoms with van der Waals surface area (Å²) in [5.41, 5.74) is 2.97. The first kappa shape index (κ1) is 24.9. The van der Waals surface area contributed by atoms with Crippen molar-refractivity contribution in [3.63, 3.8) is 0 Å². The number of carbonyl (C=O) groups is 2. The van der Waals surface area contributed by atoms with Gasteiger partial charge in [0, 0.05) is 7.05 Å². The van der Waals surface area contributed by atoms with E-state index in [1.54, 1.807) is 44.3 Å². The van der Waals surface area contributed by atoms with Gasteiger partial charge in [0.25, 0.3) is 5.91 Å². The zero-order valence-corrected chi connectivity index (χ0v) is 21.1. The number of benzene rings is 3. The van der Waals surface area contributed by atoms with E-state index in [4.69, 9.17) is 27.9 Å². The lowest BCUT2D eigenvalue weighted by Crippen LogP contribution is -2.23. The predicted octanol–water partition coefficient (Wildman–Crippen LogP) is 6.81. The number of aromatic carboxylic acids is 1. The minimum absolute atomic E-state index is 0.180. The highest BCUT2D eigenvalue weighted by Crippen LogP contribution is 2.34. The van der Waals surface area contributed by atoms with Crippen LogP contribution >= 0.6 is 35.0 Å². The maximum atomic E-state index is 12.8. The molecule has 1 N–H and O–H groups in total. The van der Waals surface area contributed by atoms with Crippen LogP contribution < -0.4 is 4.74 Å². The molecule has 6 nitrogen and oxygen atoms in total. The van der Waals surface area contributed by atoms with Crippen LogP contribution in [-0.2, 0) is 11.4 Å². The average molecular weight is 527 g/mol. The van der Waals surface area contributed by atoms with E-state index in [0.717, 1.165) is 11.1 Å². The molecule has 0 unspecified atom stereocenters. The van der Waals surface area contributed by atoms with Gasteiger partial charge in [-0.15, -0.1) is 0 Å². The first-order valence-electron chi connectivity index (χ1n) is 10.5. The van der Waals surface area contributed by atoms with Crippen LogP contribution in [0.1, 0.15) is 27.0 Å². The first-order valence-corrected chi connectivity index (χ1v) is 12.1. The smallest absolute Gasteiger partial charge is 0.336 e. The predicted molar refractivity (Wildman–Crippen MR) is 141 cm³/mol. The maximum Gasteiger partial charge on any atom is 0.336 e. The number of likely N-dealkylation sites (N-methyl/N-ethyl adjacent to an activating group) is 1. The molecular weight excluding hydrogens is 507 g/mol. The van der Waals surface area contributed by atoms with Gasteiger partial charge in [0.2, 0.25) is 0 Å². The van der Waals surface area contributed by atoms with E-state index in [1.807, 2.05) is 30.3 Å². The molecule has 4 rings (SSSR count). The maximum absolute atomic E-state index is 12.8. The van der Waals surface area contributed by atoms with Crippen molar-refractivity contribution in [1.82, 2.24) is 4.90 Å². The van der Waals surface area contributed by atoms with Gasteiger partial charge < -0.3 is 9.84 Å². The van der Waals surface area contributed by atoms with Crippen LogP contribution in [-0.4, -0.2) is 34.1 Å². The van der Waals surface area contributed by atoms with Gasteiger partial charge in [-0.1, -0.05) is 47.5 Å². The number of ether oxygens (including phenoxy) is 1. The highest BCUT2D eigenvalue weighted by atomic mass is 35.5. The van der Waals surface area contributed by atoms with Crippen molar-refractivity contribution in [2.75, 3.05) is 7.05 Å². The standard InChI is InChI=1S/C26H20Cl2N2O4S/c1-15-19(25(32)33)4-3-5-22(15)29-26-30(2)24(31)23(35-26)13-16-6-9-18(10-7-16)34-14-17-8-11-20(27)21(28)12-17/h3-13H,14H2,1-2H3,(H,32,33)/b23-13-,29-26?. The molecule has 1 heterocycles. The molecule has 1 amide bonds. The highest BCUT2D eigenvalue weighted by Gasteiger charge is 2.30. The Morgan fingerprint density at radius 3 is 2.54 bits per heavy atom. The molecule has 3 aromatic rings. The Morgan fingerprint density at radius 1 is 1.11 bits per heavy atom. The molecule has 1 saturated heterocycles. The summed E-state index contributed by atoms with van der Waals surface area (Å²) in [4.78, 5) is 30.7. The van der Waals surface area contributed by atoms with E-state index >= 15 is 0 Å². The third-order valence-electron chi connectivity index (χ3n) is 5.32. The van der Waals surface area contributed by atoms with Crippen molar-refractivity contribution in [3.8, 4) is 5.75 Å². The second kappa shape index (κ2) is 10.6.